The Balaban J connectivity index is 1.42. The first-order valence-electron chi connectivity index (χ1n) is 9.74. The third-order valence-corrected chi connectivity index (χ3v) is 6.45. The lowest BCUT2D eigenvalue weighted by molar-refractivity contribution is -0.928. The molecular formula is C21H26N3O2S+. The van der Waals surface area contributed by atoms with Crippen LogP contribution in [-0.2, 0) is 11.2 Å². The molecule has 2 aliphatic rings. The number of quaternary nitrogens is 1. The van der Waals surface area contributed by atoms with E-state index in [0.29, 0.717) is 30.4 Å². The van der Waals surface area contributed by atoms with Crippen molar-refractivity contribution in [3.05, 3.63) is 51.7 Å². The summed E-state index contributed by atoms with van der Waals surface area (Å²) in [7, 11) is 0. The van der Waals surface area contributed by atoms with E-state index in [-0.39, 0.29) is 11.8 Å². The normalized spacial score (nSPS) is 21.4. The Labute approximate surface area is 163 Å². The van der Waals surface area contributed by atoms with Crippen LogP contribution in [0.15, 0.2) is 35.7 Å². The summed E-state index contributed by atoms with van der Waals surface area (Å²) in [6.45, 7) is 3.96. The summed E-state index contributed by atoms with van der Waals surface area (Å²) >= 11 is 1.85. The molecular weight excluding hydrogens is 358 g/mol. The van der Waals surface area contributed by atoms with Gasteiger partial charge in [-0.3, -0.25) is 9.59 Å². The van der Waals surface area contributed by atoms with Crippen molar-refractivity contribution in [2.75, 3.05) is 25.0 Å². The van der Waals surface area contributed by atoms with Crippen LogP contribution in [0.5, 0.6) is 0 Å². The fraction of sp³-hybridized carbons (Fsp3) is 0.429. The molecule has 1 fully saturated rings. The molecule has 27 heavy (non-hydrogen) atoms. The molecule has 2 atom stereocenters. The van der Waals surface area contributed by atoms with Gasteiger partial charge in [-0.05, 0) is 49.4 Å². The summed E-state index contributed by atoms with van der Waals surface area (Å²) in [6.07, 6.45) is 3.62. The van der Waals surface area contributed by atoms with Gasteiger partial charge in [0.25, 0.3) is 11.8 Å². The highest BCUT2D eigenvalue weighted by molar-refractivity contribution is 7.10. The Kier molecular flexibility index (Phi) is 5.27. The lowest BCUT2D eigenvalue weighted by atomic mass is 9.96. The Morgan fingerprint density at radius 2 is 2.11 bits per heavy atom. The van der Waals surface area contributed by atoms with Crippen LogP contribution in [0.4, 0.5) is 5.69 Å². The number of hydrogen-bond acceptors (Lipinski definition) is 3. The molecule has 0 spiro atoms. The molecule has 0 radical (unpaired) electrons. The van der Waals surface area contributed by atoms with Gasteiger partial charge in [0.1, 0.15) is 6.04 Å². The fourth-order valence-electron chi connectivity index (χ4n) is 4.11. The van der Waals surface area contributed by atoms with Crippen molar-refractivity contribution in [3.8, 4) is 0 Å². The zero-order valence-electron chi connectivity index (χ0n) is 15.6. The zero-order valence-corrected chi connectivity index (χ0v) is 16.4. The number of thiophene rings is 1. The number of hydrogen-bond donors (Lipinski definition) is 3. The van der Waals surface area contributed by atoms with Gasteiger partial charge in [0.2, 0.25) is 0 Å². The van der Waals surface area contributed by atoms with Crippen LogP contribution in [-0.4, -0.2) is 31.4 Å². The number of benzene rings is 1. The monoisotopic (exact) mass is 384 g/mol. The predicted octanol–water partition coefficient (Wildman–Crippen LogP) is 2.03. The Hall–Kier alpha value is -2.18. The minimum absolute atomic E-state index is 0.0161. The molecule has 1 saturated carbocycles. The molecule has 0 bridgehead atoms. The fourth-order valence-corrected chi connectivity index (χ4v) is 5.04. The summed E-state index contributed by atoms with van der Waals surface area (Å²) in [4.78, 5) is 27.6. The molecule has 2 aromatic rings. The first kappa shape index (κ1) is 18.2. The quantitative estimate of drug-likeness (QED) is 0.714. The highest BCUT2D eigenvalue weighted by Crippen LogP contribution is 2.42. The maximum atomic E-state index is 12.7. The van der Waals surface area contributed by atoms with Gasteiger partial charge in [-0.2, -0.15) is 0 Å². The van der Waals surface area contributed by atoms with Crippen molar-refractivity contribution < 1.29 is 14.5 Å². The van der Waals surface area contributed by atoms with Crippen molar-refractivity contribution in [2.24, 2.45) is 5.92 Å². The standard InChI is InChI=1S/C21H25N3O2S/c1-2-22-21(26)15-4-3-5-16(12-15)23-19(25)13-24-10-8-18-17(9-11-27-18)20(24)14-6-7-14/h3-5,9,11-12,14,20H,2,6-8,10,13H2,1H3,(H,22,26)(H,23,25)/p+1/t20-/m0/s1. The molecule has 1 aromatic carbocycles. The van der Waals surface area contributed by atoms with Gasteiger partial charge >= 0.3 is 0 Å². The maximum absolute atomic E-state index is 12.7. The summed E-state index contributed by atoms with van der Waals surface area (Å²) in [5.74, 6) is 0.624. The molecule has 0 saturated heterocycles. The highest BCUT2D eigenvalue weighted by atomic mass is 32.1. The molecule has 142 valence electrons. The molecule has 1 unspecified atom stereocenters. The van der Waals surface area contributed by atoms with E-state index >= 15 is 0 Å². The first-order valence-corrected chi connectivity index (χ1v) is 10.6. The van der Waals surface area contributed by atoms with Crippen molar-refractivity contribution in [1.82, 2.24) is 5.32 Å². The predicted molar refractivity (Wildman–Crippen MR) is 107 cm³/mol. The maximum Gasteiger partial charge on any atom is 0.279 e. The SMILES string of the molecule is CCNC(=O)c1cccc(NC(=O)C[NH+]2CCc3sccc3[C@@H]2C2CC2)c1. The zero-order chi connectivity index (χ0) is 18.8. The van der Waals surface area contributed by atoms with Crippen LogP contribution in [0.3, 0.4) is 0 Å². The Morgan fingerprint density at radius 3 is 2.89 bits per heavy atom. The van der Waals surface area contributed by atoms with E-state index in [4.69, 9.17) is 0 Å². The molecule has 1 aliphatic heterocycles. The topological polar surface area (TPSA) is 62.6 Å². The summed E-state index contributed by atoms with van der Waals surface area (Å²) in [5, 5.41) is 7.96. The average molecular weight is 385 g/mol. The lowest BCUT2D eigenvalue weighted by Gasteiger charge is -2.32. The van der Waals surface area contributed by atoms with E-state index in [1.54, 1.807) is 18.2 Å². The van der Waals surface area contributed by atoms with E-state index < -0.39 is 0 Å². The van der Waals surface area contributed by atoms with Crippen LogP contribution >= 0.6 is 11.3 Å². The first-order chi connectivity index (χ1) is 13.2. The minimum Gasteiger partial charge on any atom is -0.352 e. The van der Waals surface area contributed by atoms with Crippen LogP contribution in [0.1, 0.15) is 46.6 Å². The van der Waals surface area contributed by atoms with E-state index in [1.807, 2.05) is 24.3 Å². The molecule has 1 aliphatic carbocycles. The molecule has 2 amide bonds. The molecule has 2 heterocycles. The van der Waals surface area contributed by atoms with Crippen molar-refractivity contribution in [2.45, 2.75) is 32.2 Å². The third-order valence-electron chi connectivity index (χ3n) is 5.45. The number of amides is 2. The molecule has 5 nitrogen and oxygen atoms in total. The van der Waals surface area contributed by atoms with Gasteiger partial charge < -0.3 is 15.5 Å². The number of fused-ring (bicyclic) bond motifs is 1. The Morgan fingerprint density at radius 1 is 1.26 bits per heavy atom. The Bertz CT molecular complexity index is 843. The van der Waals surface area contributed by atoms with Crippen molar-refractivity contribution in [3.63, 3.8) is 0 Å². The highest BCUT2D eigenvalue weighted by Gasteiger charge is 2.43. The van der Waals surface area contributed by atoms with Gasteiger partial charge in [0, 0.05) is 40.6 Å². The average Bonchev–Trinajstić information content (AvgIpc) is 3.38. The van der Waals surface area contributed by atoms with E-state index in [1.165, 1.54) is 28.2 Å². The molecule has 6 heteroatoms. The molecule has 3 N–H and O–H groups in total. The van der Waals surface area contributed by atoms with Crippen LogP contribution in [0, 0.1) is 5.92 Å². The number of carbonyl (C=O) groups excluding carboxylic acids is 2. The van der Waals surface area contributed by atoms with Gasteiger partial charge in [0.05, 0.1) is 6.54 Å². The van der Waals surface area contributed by atoms with Crippen LogP contribution in [0.25, 0.3) is 0 Å². The largest absolute Gasteiger partial charge is 0.352 e. The van der Waals surface area contributed by atoms with Crippen molar-refractivity contribution in [1.29, 1.82) is 0 Å². The van der Waals surface area contributed by atoms with Gasteiger partial charge in [-0.25, -0.2) is 0 Å². The lowest BCUT2D eigenvalue weighted by Crippen LogP contribution is -3.14. The van der Waals surface area contributed by atoms with E-state index in [2.05, 4.69) is 22.1 Å². The summed E-state index contributed by atoms with van der Waals surface area (Å²) in [5.41, 5.74) is 2.72. The van der Waals surface area contributed by atoms with Crippen LogP contribution in [0.2, 0.25) is 0 Å². The van der Waals surface area contributed by atoms with Gasteiger partial charge in [0.15, 0.2) is 6.54 Å². The summed E-state index contributed by atoms with van der Waals surface area (Å²) < 4.78 is 0. The minimum atomic E-state index is -0.117. The van der Waals surface area contributed by atoms with E-state index in [0.717, 1.165) is 18.9 Å². The van der Waals surface area contributed by atoms with Gasteiger partial charge in [-0.1, -0.05) is 6.07 Å². The second-order valence-corrected chi connectivity index (χ2v) is 8.44. The number of carbonyl (C=O) groups is 2. The van der Waals surface area contributed by atoms with E-state index in [9.17, 15) is 9.59 Å². The number of nitrogens with one attached hydrogen (secondary N) is 3. The summed E-state index contributed by atoms with van der Waals surface area (Å²) in [6, 6.07) is 9.87. The second kappa shape index (κ2) is 7.82. The smallest absolute Gasteiger partial charge is 0.279 e. The molecule has 1 aromatic heterocycles. The third kappa shape index (κ3) is 4.06. The second-order valence-electron chi connectivity index (χ2n) is 7.44. The van der Waals surface area contributed by atoms with Crippen molar-refractivity contribution >= 4 is 28.8 Å². The van der Waals surface area contributed by atoms with Crippen LogP contribution < -0.4 is 15.5 Å². The molecule has 4 rings (SSSR count). The number of anilines is 1. The number of rotatable bonds is 6. The van der Waals surface area contributed by atoms with Gasteiger partial charge in [-0.15, -0.1) is 11.3 Å².